The number of imide groups is 1. The van der Waals surface area contributed by atoms with Crippen molar-refractivity contribution in [2.45, 2.75) is 13.8 Å². The van der Waals surface area contributed by atoms with Crippen molar-refractivity contribution in [3.8, 4) is 0 Å². The third-order valence-corrected chi connectivity index (χ3v) is 3.32. The lowest BCUT2D eigenvalue weighted by molar-refractivity contribution is -0.122. The molecule has 0 aromatic heterocycles. The van der Waals surface area contributed by atoms with Crippen molar-refractivity contribution in [2.75, 3.05) is 18.0 Å². The Morgan fingerprint density at radius 2 is 1.89 bits per heavy atom. The molecule has 1 unspecified atom stereocenters. The number of hydrogen-bond donors (Lipinski definition) is 0. The standard InChI is InChI=1S/C13H15ClN2O2/c1-3-15-8-9(2)12(17)16(13(15)18)11-6-4-10(14)5-7-11/h4-7,9H,3,8H2,1-2H3. The van der Waals surface area contributed by atoms with Crippen LogP contribution in [0.4, 0.5) is 10.5 Å². The highest BCUT2D eigenvalue weighted by Crippen LogP contribution is 2.24. The number of urea groups is 1. The Morgan fingerprint density at radius 3 is 2.44 bits per heavy atom. The molecule has 96 valence electrons. The first kappa shape index (κ1) is 12.9. The van der Waals surface area contributed by atoms with Gasteiger partial charge in [-0.15, -0.1) is 0 Å². The van der Waals surface area contributed by atoms with Crippen LogP contribution in [-0.2, 0) is 4.79 Å². The Bertz CT molecular complexity index is 472. The molecule has 0 saturated carbocycles. The van der Waals surface area contributed by atoms with Crippen LogP contribution in [0.3, 0.4) is 0 Å². The molecule has 1 fully saturated rings. The van der Waals surface area contributed by atoms with E-state index in [0.717, 1.165) is 0 Å². The summed E-state index contributed by atoms with van der Waals surface area (Å²) in [6.07, 6.45) is 0. The van der Waals surface area contributed by atoms with Gasteiger partial charge >= 0.3 is 6.03 Å². The molecule has 4 nitrogen and oxygen atoms in total. The number of halogens is 1. The summed E-state index contributed by atoms with van der Waals surface area (Å²) in [6.45, 7) is 4.82. The average molecular weight is 267 g/mol. The van der Waals surface area contributed by atoms with Crippen molar-refractivity contribution in [1.29, 1.82) is 0 Å². The summed E-state index contributed by atoms with van der Waals surface area (Å²) in [5, 5.41) is 0.580. The molecule has 0 aliphatic carbocycles. The van der Waals surface area contributed by atoms with E-state index in [1.54, 1.807) is 29.2 Å². The molecule has 1 aliphatic rings. The minimum atomic E-state index is -0.261. The molecule has 2 rings (SSSR count). The monoisotopic (exact) mass is 266 g/mol. The highest BCUT2D eigenvalue weighted by Gasteiger charge is 2.36. The zero-order valence-electron chi connectivity index (χ0n) is 10.4. The van der Waals surface area contributed by atoms with Crippen LogP contribution in [0.2, 0.25) is 5.02 Å². The van der Waals surface area contributed by atoms with E-state index in [-0.39, 0.29) is 17.9 Å². The molecule has 0 spiro atoms. The number of carbonyl (C=O) groups is 2. The number of rotatable bonds is 2. The Balaban J connectivity index is 2.36. The highest BCUT2D eigenvalue weighted by atomic mass is 35.5. The molecule has 1 saturated heterocycles. The first-order chi connectivity index (χ1) is 8.54. The highest BCUT2D eigenvalue weighted by molar-refractivity contribution is 6.30. The van der Waals surface area contributed by atoms with Gasteiger partial charge in [0.15, 0.2) is 0 Å². The average Bonchev–Trinajstić information content (AvgIpc) is 2.36. The lowest BCUT2D eigenvalue weighted by Crippen LogP contribution is -2.56. The first-order valence-electron chi connectivity index (χ1n) is 5.93. The molecule has 1 heterocycles. The summed E-state index contributed by atoms with van der Waals surface area (Å²) in [4.78, 5) is 27.2. The van der Waals surface area contributed by atoms with Crippen LogP contribution in [0.1, 0.15) is 13.8 Å². The zero-order chi connectivity index (χ0) is 13.3. The molecule has 18 heavy (non-hydrogen) atoms. The molecule has 1 aromatic rings. The first-order valence-corrected chi connectivity index (χ1v) is 6.30. The van der Waals surface area contributed by atoms with Crippen LogP contribution in [0.15, 0.2) is 24.3 Å². The summed E-state index contributed by atoms with van der Waals surface area (Å²) < 4.78 is 0. The van der Waals surface area contributed by atoms with E-state index >= 15 is 0 Å². The van der Waals surface area contributed by atoms with Crippen LogP contribution in [0.25, 0.3) is 0 Å². The van der Waals surface area contributed by atoms with Crippen molar-refractivity contribution in [3.05, 3.63) is 29.3 Å². The minimum Gasteiger partial charge on any atom is -0.323 e. The number of nitrogens with zero attached hydrogens (tertiary/aromatic N) is 2. The van der Waals surface area contributed by atoms with Gasteiger partial charge in [-0.25, -0.2) is 9.69 Å². The molecule has 0 radical (unpaired) electrons. The van der Waals surface area contributed by atoms with E-state index in [0.29, 0.717) is 23.8 Å². The summed E-state index contributed by atoms with van der Waals surface area (Å²) in [6, 6.07) is 6.46. The van der Waals surface area contributed by atoms with Gasteiger partial charge in [0, 0.05) is 18.1 Å². The summed E-state index contributed by atoms with van der Waals surface area (Å²) in [7, 11) is 0. The predicted octanol–water partition coefficient (Wildman–Crippen LogP) is 2.76. The van der Waals surface area contributed by atoms with E-state index in [1.165, 1.54) is 4.90 Å². The SMILES string of the molecule is CCN1CC(C)C(=O)N(c2ccc(Cl)cc2)C1=O. The van der Waals surface area contributed by atoms with Gasteiger partial charge in [0.2, 0.25) is 5.91 Å². The largest absolute Gasteiger partial charge is 0.331 e. The Morgan fingerprint density at radius 1 is 1.28 bits per heavy atom. The lowest BCUT2D eigenvalue weighted by Gasteiger charge is -2.36. The smallest absolute Gasteiger partial charge is 0.323 e. The van der Waals surface area contributed by atoms with E-state index < -0.39 is 0 Å². The topological polar surface area (TPSA) is 40.6 Å². The number of anilines is 1. The Kier molecular flexibility index (Phi) is 3.57. The molecule has 1 aliphatic heterocycles. The second kappa shape index (κ2) is 4.98. The van der Waals surface area contributed by atoms with Gasteiger partial charge in [-0.05, 0) is 31.2 Å². The van der Waals surface area contributed by atoms with Gasteiger partial charge in [0.05, 0.1) is 11.6 Å². The van der Waals surface area contributed by atoms with Gasteiger partial charge in [0.1, 0.15) is 0 Å². The fraction of sp³-hybridized carbons (Fsp3) is 0.385. The molecule has 1 atom stereocenters. The van der Waals surface area contributed by atoms with Crippen LogP contribution in [0.5, 0.6) is 0 Å². The molecule has 0 N–H and O–H groups in total. The molecule has 5 heteroatoms. The quantitative estimate of drug-likeness (QED) is 0.826. The Hall–Kier alpha value is -1.55. The predicted molar refractivity (Wildman–Crippen MR) is 70.7 cm³/mol. The molecule has 0 bridgehead atoms. The van der Waals surface area contributed by atoms with Crippen LogP contribution >= 0.6 is 11.6 Å². The molecule has 3 amide bonds. The third kappa shape index (κ3) is 2.20. The minimum absolute atomic E-state index is 0.160. The van der Waals surface area contributed by atoms with Crippen molar-refractivity contribution in [3.63, 3.8) is 0 Å². The summed E-state index contributed by atoms with van der Waals surface area (Å²) >= 11 is 5.81. The van der Waals surface area contributed by atoms with E-state index in [1.807, 2.05) is 13.8 Å². The van der Waals surface area contributed by atoms with Crippen LogP contribution in [-0.4, -0.2) is 29.9 Å². The maximum atomic E-state index is 12.2. The zero-order valence-corrected chi connectivity index (χ0v) is 11.1. The van der Waals surface area contributed by atoms with Crippen molar-refractivity contribution >= 4 is 29.2 Å². The second-order valence-corrected chi connectivity index (χ2v) is 4.81. The van der Waals surface area contributed by atoms with Gasteiger partial charge in [0.25, 0.3) is 0 Å². The van der Waals surface area contributed by atoms with E-state index in [2.05, 4.69) is 0 Å². The van der Waals surface area contributed by atoms with Gasteiger partial charge < -0.3 is 4.90 Å². The van der Waals surface area contributed by atoms with Crippen LogP contribution < -0.4 is 4.90 Å². The lowest BCUT2D eigenvalue weighted by atomic mass is 10.1. The van der Waals surface area contributed by atoms with Gasteiger partial charge in [-0.1, -0.05) is 18.5 Å². The fourth-order valence-corrected chi connectivity index (χ4v) is 2.16. The summed E-state index contributed by atoms with van der Waals surface area (Å²) in [5.74, 6) is -0.342. The number of hydrogen-bond acceptors (Lipinski definition) is 2. The van der Waals surface area contributed by atoms with E-state index in [9.17, 15) is 9.59 Å². The second-order valence-electron chi connectivity index (χ2n) is 4.37. The molecular formula is C13H15ClN2O2. The number of carbonyl (C=O) groups excluding carboxylic acids is 2. The van der Waals surface area contributed by atoms with Crippen molar-refractivity contribution in [1.82, 2.24) is 4.90 Å². The van der Waals surface area contributed by atoms with Crippen molar-refractivity contribution in [2.24, 2.45) is 5.92 Å². The van der Waals surface area contributed by atoms with Crippen molar-refractivity contribution < 1.29 is 9.59 Å². The maximum absolute atomic E-state index is 12.2. The third-order valence-electron chi connectivity index (χ3n) is 3.06. The molecule has 1 aromatic carbocycles. The normalized spacial score (nSPS) is 20.5. The molecular weight excluding hydrogens is 252 g/mol. The van der Waals surface area contributed by atoms with E-state index in [4.69, 9.17) is 11.6 Å². The summed E-state index contributed by atoms with van der Waals surface area (Å²) in [5.41, 5.74) is 0.569. The Labute approximate surface area is 111 Å². The number of benzene rings is 1. The van der Waals surface area contributed by atoms with Gasteiger partial charge in [-0.3, -0.25) is 4.79 Å². The fourth-order valence-electron chi connectivity index (χ4n) is 2.04. The van der Waals surface area contributed by atoms with Crippen LogP contribution in [0, 0.1) is 5.92 Å². The number of amides is 3. The van der Waals surface area contributed by atoms with Gasteiger partial charge in [-0.2, -0.15) is 0 Å². The maximum Gasteiger partial charge on any atom is 0.331 e.